The molecule has 0 aliphatic heterocycles. The van der Waals surface area contributed by atoms with Crippen molar-refractivity contribution in [1.29, 1.82) is 0 Å². The van der Waals surface area contributed by atoms with Gasteiger partial charge in [-0.1, -0.05) is 51.9 Å². The Morgan fingerprint density at radius 3 is 2.30 bits per heavy atom. The summed E-state index contributed by atoms with van der Waals surface area (Å²) < 4.78 is 11.8. The fourth-order valence-corrected chi connectivity index (χ4v) is 2.67. The van der Waals surface area contributed by atoms with Crippen LogP contribution in [-0.4, -0.2) is 13.2 Å². The third kappa shape index (κ3) is 7.62. The first-order valence-corrected chi connectivity index (χ1v) is 9.44. The van der Waals surface area contributed by atoms with E-state index in [-0.39, 0.29) is 0 Å². The van der Waals surface area contributed by atoms with Gasteiger partial charge in [-0.2, -0.15) is 0 Å². The molecule has 2 N–H and O–H groups in total. The molecule has 1 fully saturated rings. The number of nitrogens with two attached hydrogens (primary N) is 1. The lowest BCUT2D eigenvalue weighted by molar-refractivity contribution is 0.256. The van der Waals surface area contributed by atoms with Crippen molar-refractivity contribution >= 4 is 5.69 Å². The fourth-order valence-electron chi connectivity index (χ4n) is 2.67. The number of hydrogen-bond donors (Lipinski definition) is 1. The second kappa shape index (κ2) is 10.4. The third-order valence-electron chi connectivity index (χ3n) is 4.39. The average Bonchev–Trinajstić information content (AvgIpc) is 3.37. The van der Waals surface area contributed by atoms with Crippen molar-refractivity contribution in [2.45, 2.75) is 71.1 Å². The van der Waals surface area contributed by atoms with E-state index in [1.165, 1.54) is 57.8 Å². The lowest BCUT2D eigenvalue weighted by atomic mass is 10.1. The zero-order chi connectivity index (χ0) is 16.3. The van der Waals surface area contributed by atoms with Crippen molar-refractivity contribution in [3.05, 3.63) is 18.2 Å². The predicted octanol–water partition coefficient (Wildman–Crippen LogP) is 5.58. The summed E-state index contributed by atoms with van der Waals surface area (Å²) in [6.45, 7) is 3.81. The lowest BCUT2D eigenvalue weighted by Crippen LogP contribution is -2.04. The molecule has 2 rings (SSSR count). The van der Waals surface area contributed by atoms with Crippen molar-refractivity contribution in [2.24, 2.45) is 5.92 Å². The van der Waals surface area contributed by atoms with Gasteiger partial charge in [0.2, 0.25) is 0 Å². The van der Waals surface area contributed by atoms with E-state index in [9.17, 15) is 0 Å². The minimum absolute atomic E-state index is 0.731. The van der Waals surface area contributed by atoms with Crippen molar-refractivity contribution < 1.29 is 9.47 Å². The van der Waals surface area contributed by atoms with E-state index >= 15 is 0 Å². The first-order chi connectivity index (χ1) is 11.3. The Balaban J connectivity index is 1.61. The van der Waals surface area contributed by atoms with Gasteiger partial charge >= 0.3 is 0 Å². The van der Waals surface area contributed by atoms with Crippen LogP contribution in [0.1, 0.15) is 71.1 Å². The molecule has 0 bridgehead atoms. The van der Waals surface area contributed by atoms with Gasteiger partial charge in [0.15, 0.2) is 11.5 Å². The molecule has 23 heavy (non-hydrogen) atoms. The topological polar surface area (TPSA) is 44.5 Å². The molecule has 0 amide bonds. The maximum Gasteiger partial charge on any atom is 0.163 e. The van der Waals surface area contributed by atoms with Crippen LogP contribution in [0.25, 0.3) is 0 Å². The summed E-state index contributed by atoms with van der Waals surface area (Å²) >= 11 is 0. The van der Waals surface area contributed by atoms with Crippen LogP contribution in [0.2, 0.25) is 0 Å². The Morgan fingerprint density at radius 1 is 0.913 bits per heavy atom. The van der Waals surface area contributed by atoms with Crippen LogP contribution >= 0.6 is 0 Å². The molecular weight excluding hydrogens is 286 g/mol. The van der Waals surface area contributed by atoms with Crippen molar-refractivity contribution in [3.8, 4) is 11.5 Å². The van der Waals surface area contributed by atoms with E-state index < -0.39 is 0 Å². The summed E-state index contributed by atoms with van der Waals surface area (Å²) in [5.41, 5.74) is 6.60. The molecule has 3 nitrogen and oxygen atoms in total. The van der Waals surface area contributed by atoms with Gasteiger partial charge in [0, 0.05) is 11.8 Å². The molecule has 3 heteroatoms. The first-order valence-electron chi connectivity index (χ1n) is 9.44. The Morgan fingerprint density at radius 2 is 1.61 bits per heavy atom. The number of anilines is 1. The van der Waals surface area contributed by atoms with Crippen LogP contribution < -0.4 is 15.2 Å². The first kappa shape index (κ1) is 18.0. The summed E-state index contributed by atoms with van der Waals surface area (Å²) in [6, 6.07) is 5.69. The highest BCUT2D eigenvalue weighted by atomic mass is 16.5. The largest absolute Gasteiger partial charge is 0.490 e. The molecule has 0 heterocycles. The minimum Gasteiger partial charge on any atom is -0.490 e. The van der Waals surface area contributed by atoms with E-state index in [4.69, 9.17) is 15.2 Å². The molecule has 0 aromatic heterocycles. The molecule has 1 aliphatic carbocycles. The van der Waals surface area contributed by atoms with Crippen LogP contribution in [0.5, 0.6) is 11.5 Å². The van der Waals surface area contributed by atoms with Crippen LogP contribution in [-0.2, 0) is 0 Å². The molecule has 0 spiro atoms. The zero-order valence-electron chi connectivity index (χ0n) is 14.7. The molecule has 1 aromatic rings. The number of rotatable bonds is 13. The summed E-state index contributed by atoms with van der Waals surface area (Å²) in [5.74, 6) is 2.38. The van der Waals surface area contributed by atoms with Crippen LogP contribution in [0.15, 0.2) is 18.2 Å². The normalized spacial score (nSPS) is 14.0. The molecule has 130 valence electrons. The predicted molar refractivity (Wildman–Crippen MR) is 97.2 cm³/mol. The Kier molecular flexibility index (Phi) is 8.13. The van der Waals surface area contributed by atoms with E-state index in [0.29, 0.717) is 0 Å². The molecule has 1 saturated carbocycles. The van der Waals surface area contributed by atoms with E-state index in [1.807, 2.05) is 18.2 Å². The molecule has 0 radical (unpaired) electrons. The second-order valence-corrected chi connectivity index (χ2v) is 6.78. The maximum atomic E-state index is 5.91. The number of unbranched alkanes of at least 4 members (excludes halogenated alkanes) is 7. The summed E-state index contributed by atoms with van der Waals surface area (Å²) in [7, 11) is 0. The van der Waals surface area contributed by atoms with E-state index in [0.717, 1.165) is 42.7 Å². The van der Waals surface area contributed by atoms with Crippen molar-refractivity contribution in [2.75, 3.05) is 18.9 Å². The van der Waals surface area contributed by atoms with Crippen molar-refractivity contribution in [1.82, 2.24) is 0 Å². The van der Waals surface area contributed by atoms with Gasteiger partial charge in [0.1, 0.15) is 0 Å². The highest BCUT2D eigenvalue weighted by molar-refractivity contribution is 5.52. The zero-order valence-corrected chi connectivity index (χ0v) is 14.7. The summed E-state index contributed by atoms with van der Waals surface area (Å²) in [4.78, 5) is 0. The van der Waals surface area contributed by atoms with Crippen molar-refractivity contribution in [3.63, 3.8) is 0 Å². The van der Waals surface area contributed by atoms with Gasteiger partial charge in [-0.15, -0.1) is 0 Å². The third-order valence-corrected chi connectivity index (χ3v) is 4.39. The number of nitrogen functional groups attached to an aromatic ring is 1. The SMILES string of the molecule is CCCCCCCCCCOc1cc(N)ccc1OCC1CC1. The van der Waals surface area contributed by atoms with E-state index in [1.54, 1.807) is 0 Å². The summed E-state index contributed by atoms with van der Waals surface area (Å²) in [5, 5.41) is 0. The van der Waals surface area contributed by atoms with Gasteiger partial charge in [-0.25, -0.2) is 0 Å². The fraction of sp³-hybridized carbons (Fsp3) is 0.700. The highest BCUT2D eigenvalue weighted by Crippen LogP contribution is 2.34. The Bertz CT molecular complexity index is 443. The Labute approximate surface area is 141 Å². The van der Waals surface area contributed by atoms with E-state index in [2.05, 4.69) is 6.92 Å². The van der Waals surface area contributed by atoms with Gasteiger partial charge < -0.3 is 15.2 Å². The number of hydrogen-bond acceptors (Lipinski definition) is 3. The Hall–Kier alpha value is -1.38. The van der Waals surface area contributed by atoms with Gasteiger partial charge in [-0.05, 0) is 37.3 Å². The van der Waals surface area contributed by atoms with Crippen LogP contribution in [0.4, 0.5) is 5.69 Å². The highest BCUT2D eigenvalue weighted by Gasteiger charge is 2.22. The minimum atomic E-state index is 0.731. The summed E-state index contributed by atoms with van der Waals surface area (Å²) in [6.07, 6.45) is 13.1. The lowest BCUT2D eigenvalue weighted by Gasteiger charge is -2.13. The molecule has 0 saturated heterocycles. The standard InChI is InChI=1S/C20H33NO2/c1-2-3-4-5-6-7-8-9-14-22-20-15-18(21)12-13-19(20)23-16-17-10-11-17/h12-13,15,17H,2-11,14,16,21H2,1H3. The molecular formula is C20H33NO2. The van der Waals surface area contributed by atoms with Crippen LogP contribution in [0.3, 0.4) is 0 Å². The molecule has 0 atom stereocenters. The molecule has 1 aliphatic rings. The molecule has 0 unspecified atom stereocenters. The van der Waals surface area contributed by atoms with Gasteiger partial charge in [-0.3, -0.25) is 0 Å². The molecule has 1 aromatic carbocycles. The monoisotopic (exact) mass is 319 g/mol. The quantitative estimate of drug-likeness (QED) is 0.381. The van der Waals surface area contributed by atoms with Gasteiger partial charge in [0.05, 0.1) is 13.2 Å². The number of benzene rings is 1. The second-order valence-electron chi connectivity index (χ2n) is 6.78. The van der Waals surface area contributed by atoms with Crippen LogP contribution in [0, 0.1) is 5.92 Å². The maximum absolute atomic E-state index is 5.91. The van der Waals surface area contributed by atoms with Gasteiger partial charge in [0.25, 0.3) is 0 Å². The number of ether oxygens (including phenoxy) is 2. The smallest absolute Gasteiger partial charge is 0.163 e. The average molecular weight is 319 g/mol.